The van der Waals surface area contributed by atoms with Crippen molar-refractivity contribution in [3.05, 3.63) is 0 Å². The van der Waals surface area contributed by atoms with E-state index in [0.717, 1.165) is 19.3 Å². The standard InChI is InChI=1S/C15H26O4/c1-10(2)9-15(3,4)19-14(18)12-8-6-5-7-11(12)13(16)17/h10-12H,5-9H2,1-4H3,(H,16,17). The Bertz CT molecular complexity index is 333. The van der Waals surface area contributed by atoms with Gasteiger partial charge < -0.3 is 9.84 Å². The van der Waals surface area contributed by atoms with Crippen LogP contribution in [-0.4, -0.2) is 22.6 Å². The Labute approximate surface area is 115 Å². The average Bonchev–Trinajstić information content (AvgIpc) is 2.26. The van der Waals surface area contributed by atoms with Crippen molar-refractivity contribution in [3.8, 4) is 0 Å². The van der Waals surface area contributed by atoms with Gasteiger partial charge in [-0.2, -0.15) is 0 Å². The van der Waals surface area contributed by atoms with Crippen molar-refractivity contribution in [1.29, 1.82) is 0 Å². The largest absolute Gasteiger partial charge is 0.481 e. The second-order valence-corrected chi connectivity index (χ2v) is 6.61. The Morgan fingerprint density at radius 3 is 2.21 bits per heavy atom. The number of hydrogen-bond acceptors (Lipinski definition) is 3. The molecule has 1 N–H and O–H groups in total. The van der Waals surface area contributed by atoms with Crippen LogP contribution in [0.4, 0.5) is 0 Å². The molecule has 2 unspecified atom stereocenters. The molecule has 0 spiro atoms. The summed E-state index contributed by atoms with van der Waals surface area (Å²) in [5.41, 5.74) is -0.522. The molecule has 0 radical (unpaired) electrons. The number of carbonyl (C=O) groups is 2. The first-order chi connectivity index (χ1) is 8.73. The van der Waals surface area contributed by atoms with Gasteiger partial charge in [-0.05, 0) is 39.0 Å². The van der Waals surface area contributed by atoms with Gasteiger partial charge in [-0.25, -0.2) is 0 Å². The number of carboxylic acids is 1. The van der Waals surface area contributed by atoms with Crippen LogP contribution in [0.1, 0.15) is 59.8 Å². The fourth-order valence-electron chi connectivity index (χ4n) is 3.08. The number of hydrogen-bond donors (Lipinski definition) is 1. The van der Waals surface area contributed by atoms with Crippen LogP contribution in [0, 0.1) is 17.8 Å². The Hall–Kier alpha value is -1.06. The molecule has 0 aromatic rings. The molecule has 19 heavy (non-hydrogen) atoms. The van der Waals surface area contributed by atoms with Gasteiger partial charge in [0.1, 0.15) is 5.60 Å². The van der Waals surface area contributed by atoms with E-state index in [2.05, 4.69) is 13.8 Å². The second kappa shape index (κ2) is 6.40. The fourth-order valence-corrected chi connectivity index (χ4v) is 3.08. The summed E-state index contributed by atoms with van der Waals surface area (Å²) in [4.78, 5) is 23.4. The summed E-state index contributed by atoms with van der Waals surface area (Å²) in [6.07, 6.45) is 3.79. The molecule has 0 aromatic carbocycles. The third kappa shape index (κ3) is 4.84. The van der Waals surface area contributed by atoms with Crippen LogP contribution < -0.4 is 0 Å². The van der Waals surface area contributed by atoms with Crippen molar-refractivity contribution in [2.75, 3.05) is 0 Å². The Balaban J connectivity index is 2.67. The van der Waals surface area contributed by atoms with E-state index < -0.39 is 23.4 Å². The maximum Gasteiger partial charge on any atom is 0.310 e. The van der Waals surface area contributed by atoms with Gasteiger partial charge in [0.2, 0.25) is 0 Å². The number of esters is 1. The third-order valence-electron chi connectivity index (χ3n) is 3.66. The van der Waals surface area contributed by atoms with E-state index in [0.29, 0.717) is 18.8 Å². The first kappa shape index (κ1) is 16.0. The molecule has 0 bridgehead atoms. The molecule has 0 aliphatic heterocycles. The van der Waals surface area contributed by atoms with Crippen LogP contribution >= 0.6 is 0 Å². The van der Waals surface area contributed by atoms with Crippen LogP contribution in [0.25, 0.3) is 0 Å². The predicted octanol–water partition coefficient (Wildman–Crippen LogP) is 3.25. The first-order valence-corrected chi connectivity index (χ1v) is 7.18. The summed E-state index contributed by atoms with van der Waals surface area (Å²) in [5.74, 6) is -1.82. The van der Waals surface area contributed by atoms with E-state index in [4.69, 9.17) is 4.74 Å². The molecule has 0 heterocycles. The molecule has 4 heteroatoms. The van der Waals surface area contributed by atoms with Crippen LogP contribution in [0.15, 0.2) is 0 Å². The molecule has 0 amide bonds. The highest BCUT2D eigenvalue weighted by atomic mass is 16.6. The van der Waals surface area contributed by atoms with Gasteiger partial charge >= 0.3 is 11.9 Å². The minimum atomic E-state index is -0.872. The Morgan fingerprint density at radius 2 is 1.74 bits per heavy atom. The quantitative estimate of drug-likeness (QED) is 0.779. The van der Waals surface area contributed by atoms with Crippen LogP contribution in [0.3, 0.4) is 0 Å². The maximum atomic E-state index is 12.2. The molecule has 1 aliphatic rings. The molecule has 1 rings (SSSR count). The zero-order valence-corrected chi connectivity index (χ0v) is 12.4. The van der Waals surface area contributed by atoms with E-state index in [1.807, 2.05) is 13.8 Å². The highest BCUT2D eigenvalue weighted by molar-refractivity contribution is 5.81. The average molecular weight is 270 g/mol. The van der Waals surface area contributed by atoms with Crippen molar-refractivity contribution >= 4 is 11.9 Å². The van der Waals surface area contributed by atoms with Crippen molar-refractivity contribution in [2.24, 2.45) is 17.8 Å². The Kier molecular flexibility index (Phi) is 5.39. The zero-order valence-electron chi connectivity index (χ0n) is 12.4. The normalized spacial score (nSPS) is 24.3. The highest BCUT2D eigenvalue weighted by Crippen LogP contribution is 2.33. The number of rotatable bonds is 5. The van der Waals surface area contributed by atoms with Crippen LogP contribution in [0.2, 0.25) is 0 Å². The summed E-state index contributed by atoms with van der Waals surface area (Å²) >= 11 is 0. The summed E-state index contributed by atoms with van der Waals surface area (Å²) in [7, 11) is 0. The minimum absolute atomic E-state index is 0.335. The molecular weight excluding hydrogens is 244 g/mol. The van der Waals surface area contributed by atoms with Gasteiger partial charge in [0.15, 0.2) is 0 Å². The zero-order chi connectivity index (χ0) is 14.6. The molecular formula is C15H26O4. The molecule has 1 aliphatic carbocycles. The van der Waals surface area contributed by atoms with Crippen LogP contribution in [0.5, 0.6) is 0 Å². The number of aliphatic carboxylic acids is 1. The molecule has 4 nitrogen and oxygen atoms in total. The topological polar surface area (TPSA) is 63.6 Å². The van der Waals surface area contributed by atoms with Crippen molar-refractivity contribution in [1.82, 2.24) is 0 Å². The predicted molar refractivity (Wildman–Crippen MR) is 72.7 cm³/mol. The minimum Gasteiger partial charge on any atom is -0.481 e. The van der Waals surface area contributed by atoms with Gasteiger partial charge in [-0.3, -0.25) is 9.59 Å². The SMILES string of the molecule is CC(C)CC(C)(C)OC(=O)C1CCCCC1C(=O)O. The lowest BCUT2D eigenvalue weighted by Gasteiger charge is -2.32. The van der Waals surface area contributed by atoms with Gasteiger partial charge in [0, 0.05) is 0 Å². The molecule has 0 aromatic heterocycles. The lowest BCUT2D eigenvalue weighted by atomic mass is 9.79. The van der Waals surface area contributed by atoms with E-state index in [-0.39, 0.29) is 5.97 Å². The summed E-state index contributed by atoms with van der Waals surface area (Å²) in [6, 6.07) is 0. The highest BCUT2D eigenvalue weighted by Gasteiger charge is 2.38. The lowest BCUT2D eigenvalue weighted by Crippen LogP contribution is -2.38. The van der Waals surface area contributed by atoms with Gasteiger partial charge in [-0.15, -0.1) is 0 Å². The monoisotopic (exact) mass is 270 g/mol. The van der Waals surface area contributed by atoms with Gasteiger partial charge in [0.25, 0.3) is 0 Å². The fraction of sp³-hybridized carbons (Fsp3) is 0.867. The molecule has 110 valence electrons. The van der Waals surface area contributed by atoms with E-state index in [1.54, 1.807) is 0 Å². The maximum absolute atomic E-state index is 12.2. The second-order valence-electron chi connectivity index (χ2n) is 6.61. The molecule has 1 fully saturated rings. The number of carbonyl (C=O) groups excluding carboxylic acids is 1. The first-order valence-electron chi connectivity index (χ1n) is 7.18. The van der Waals surface area contributed by atoms with Crippen molar-refractivity contribution in [3.63, 3.8) is 0 Å². The summed E-state index contributed by atoms with van der Waals surface area (Å²) in [5, 5.41) is 9.19. The van der Waals surface area contributed by atoms with Gasteiger partial charge in [0.05, 0.1) is 11.8 Å². The summed E-state index contributed by atoms with van der Waals surface area (Å²) in [6.45, 7) is 7.94. The van der Waals surface area contributed by atoms with E-state index in [9.17, 15) is 14.7 Å². The molecule has 2 atom stereocenters. The third-order valence-corrected chi connectivity index (χ3v) is 3.66. The van der Waals surface area contributed by atoms with Gasteiger partial charge in [-0.1, -0.05) is 26.7 Å². The number of ether oxygens (including phenoxy) is 1. The Morgan fingerprint density at radius 1 is 1.21 bits per heavy atom. The molecule has 1 saturated carbocycles. The van der Waals surface area contributed by atoms with E-state index in [1.165, 1.54) is 0 Å². The van der Waals surface area contributed by atoms with E-state index >= 15 is 0 Å². The van der Waals surface area contributed by atoms with Crippen molar-refractivity contribution in [2.45, 2.75) is 65.4 Å². The number of carboxylic acid groups (broad SMARTS) is 1. The summed E-state index contributed by atoms with van der Waals surface area (Å²) < 4.78 is 5.57. The van der Waals surface area contributed by atoms with Crippen molar-refractivity contribution < 1.29 is 19.4 Å². The smallest absolute Gasteiger partial charge is 0.310 e. The molecule has 0 saturated heterocycles. The van der Waals surface area contributed by atoms with Crippen LogP contribution in [-0.2, 0) is 14.3 Å². The lowest BCUT2D eigenvalue weighted by molar-refractivity contribution is -0.170.